The number of benzene rings is 2. The fraction of sp³-hybridized carbons (Fsp3) is 0.296. The van der Waals surface area contributed by atoms with Crippen LogP contribution in [0.5, 0.6) is 17.4 Å². The third-order valence-electron chi connectivity index (χ3n) is 4.80. The maximum Gasteiger partial charge on any atom is 0.433 e. The molecule has 2 aromatic carbocycles. The van der Waals surface area contributed by atoms with Gasteiger partial charge >= 0.3 is 18.2 Å². The van der Waals surface area contributed by atoms with Gasteiger partial charge in [-0.15, -0.1) is 0 Å². The van der Waals surface area contributed by atoms with E-state index in [-0.39, 0.29) is 35.8 Å². The van der Waals surface area contributed by atoms with Crippen LogP contribution in [0.2, 0.25) is 0 Å². The lowest BCUT2D eigenvalue weighted by molar-refractivity contribution is -0.141. The fourth-order valence-corrected chi connectivity index (χ4v) is 3.15. The summed E-state index contributed by atoms with van der Waals surface area (Å²) in [6, 6.07) is 15.4. The van der Waals surface area contributed by atoms with E-state index >= 15 is 0 Å². The number of alkyl halides is 3. The number of methoxy groups -OCH3 is 1. The van der Waals surface area contributed by atoms with E-state index in [1.165, 1.54) is 31.4 Å². The van der Waals surface area contributed by atoms with Crippen molar-refractivity contribution < 1.29 is 41.7 Å². The number of halogens is 3. The van der Waals surface area contributed by atoms with E-state index in [0.29, 0.717) is 0 Å². The van der Waals surface area contributed by atoms with E-state index in [0.717, 1.165) is 11.6 Å². The molecule has 0 saturated carbocycles. The van der Waals surface area contributed by atoms with Crippen LogP contribution in [-0.2, 0) is 28.8 Å². The van der Waals surface area contributed by atoms with Crippen molar-refractivity contribution in [3.8, 4) is 17.4 Å². The zero-order chi connectivity index (χ0) is 27.9. The van der Waals surface area contributed by atoms with Crippen LogP contribution in [0, 0.1) is 0 Å². The van der Waals surface area contributed by atoms with Gasteiger partial charge in [-0.25, -0.2) is 14.6 Å². The molecule has 0 fully saturated rings. The van der Waals surface area contributed by atoms with Gasteiger partial charge in [0.1, 0.15) is 17.9 Å². The highest BCUT2D eigenvalue weighted by Gasteiger charge is 2.34. The molecule has 0 unspecified atom stereocenters. The normalized spacial score (nSPS) is 11.4. The van der Waals surface area contributed by atoms with Crippen molar-refractivity contribution in [2.45, 2.75) is 45.7 Å². The number of nitrogens with one attached hydrogen (secondary N) is 1. The molecule has 11 heteroatoms. The van der Waals surface area contributed by atoms with Gasteiger partial charge in [-0.2, -0.15) is 13.2 Å². The second-order valence-electron chi connectivity index (χ2n) is 9.08. The van der Waals surface area contributed by atoms with Gasteiger partial charge < -0.3 is 24.3 Å². The van der Waals surface area contributed by atoms with E-state index in [2.05, 4.69) is 10.3 Å². The third kappa shape index (κ3) is 8.39. The van der Waals surface area contributed by atoms with Crippen LogP contribution >= 0.6 is 0 Å². The summed E-state index contributed by atoms with van der Waals surface area (Å²) >= 11 is 0. The number of nitrogens with zero attached hydrogens (tertiary/aromatic N) is 1. The molecule has 0 aliphatic carbocycles. The van der Waals surface area contributed by atoms with Crippen LogP contribution < -0.4 is 14.8 Å². The number of ether oxygens (including phenoxy) is 4. The Labute approximate surface area is 217 Å². The second kappa shape index (κ2) is 11.8. The van der Waals surface area contributed by atoms with Crippen LogP contribution in [0.15, 0.2) is 60.7 Å². The Balaban J connectivity index is 1.92. The van der Waals surface area contributed by atoms with Crippen LogP contribution in [-0.4, -0.2) is 29.8 Å². The molecule has 0 aliphatic heterocycles. The predicted octanol–water partition coefficient (Wildman–Crippen LogP) is 6.28. The van der Waals surface area contributed by atoms with Crippen molar-refractivity contribution in [1.82, 2.24) is 10.3 Å². The van der Waals surface area contributed by atoms with Crippen molar-refractivity contribution in [1.29, 1.82) is 0 Å². The summed E-state index contributed by atoms with van der Waals surface area (Å²) in [5, 5.41) is 2.41. The Morgan fingerprint density at radius 1 is 0.921 bits per heavy atom. The Hall–Kier alpha value is -4.28. The van der Waals surface area contributed by atoms with E-state index in [9.17, 15) is 22.8 Å². The number of rotatable bonds is 8. The molecular formula is C27H27F3N2O6. The summed E-state index contributed by atoms with van der Waals surface area (Å²) in [7, 11) is 1.20. The first-order valence-electron chi connectivity index (χ1n) is 11.5. The second-order valence-corrected chi connectivity index (χ2v) is 9.08. The topological polar surface area (TPSA) is 96.0 Å². The van der Waals surface area contributed by atoms with Gasteiger partial charge in [0.2, 0.25) is 5.88 Å². The van der Waals surface area contributed by atoms with Crippen molar-refractivity contribution in [3.63, 3.8) is 0 Å². The lowest BCUT2D eigenvalue weighted by atomic mass is 10.2. The van der Waals surface area contributed by atoms with Gasteiger partial charge in [0.25, 0.3) is 0 Å². The molecule has 8 nitrogen and oxygen atoms in total. The zero-order valence-corrected chi connectivity index (χ0v) is 21.2. The Morgan fingerprint density at radius 2 is 1.63 bits per heavy atom. The molecule has 0 saturated heterocycles. The minimum atomic E-state index is -4.79. The predicted molar refractivity (Wildman–Crippen MR) is 131 cm³/mol. The van der Waals surface area contributed by atoms with E-state index in [4.69, 9.17) is 18.9 Å². The van der Waals surface area contributed by atoms with Crippen molar-refractivity contribution in [2.75, 3.05) is 7.11 Å². The molecule has 3 aromatic rings. The summed E-state index contributed by atoms with van der Waals surface area (Å²) in [6.07, 6.45) is -5.59. The molecule has 1 aromatic heterocycles. The van der Waals surface area contributed by atoms with Crippen LogP contribution in [0.25, 0.3) is 0 Å². The number of amides is 1. The maximum atomic E-state index is 13.6. The molecule has 0 bridgehead atoms. The molecular weight excluding hydrogens is 505 g/mol. The van der Waals surface area contributed by atoms with Crippen molar-refractivity contribution in [2.24, 2.45) is 0 Å². The zero-order valence-electron chi connectivity index (χ0n) is 21.2. The van der Waals surface area contributed by atoms with Gasteiger partial charge in [-0.05, 0) is 56.2 Å². The SMILES string of the molecule is COC(=O)c1ccc(OCc2ccccc2)c(Oc2cc(CNC(=O)OC(C)(C)C)cc(C(F)(F)F)n2)c1. The standard InChI is InChI=1S/C27H27F3N2O6/c1-26(2,3)38-25(34)31-15-18-12-22(27(28,29)30)32-23(13-18)37-21-14-19(24(33)35-4)10-11-20(21)36-16-17-8-6-5-7-9-17/h5-14H,15-16H2,1-4H3,(H,31,34). The average Bonchev–Trinajstić information content (AvgIpc) is 2.85. The van der Waals surface area contributed by atoms with Crippen molar-refractivity contribution in [3.05, 3.63) is 83.0 Å². The first-order valence-corrected chi connectivity index (χ1v) is 11.5. The molecule has 3 rings (SSSR count). The van der Waals surface area contributed by atoms with Gasteiger partial charge in [0.15, 0.2) is 11.5 Å². The monoisotopic (exact) mass is 532 g/mol. The summed E-state index contributed by atoms with van der Waals surface area (Å²) in [5.74, 6) is -0.994. The lowest BCUT2D eigenvalue weighted by Gasteiger charge is -2.20. The van der Waals surface area contributed by atoms with Gasteiger partial charge in [-0.3, -0.25) is 0 Å². The highest BCUT2D eigenvalue weighted by atomic mass is 19.4. The highest BCUT2D eigenvalue weighted by Crippen LogP contribution is 2.35. The van der Waals surface area contributed by atoms with Crippen LogP contribution in [0.1, 0.15) is 48.0 Å². The van der Waals surface area contributed by atoms with Crippen LogP contribution in [0.4, 0.5) is 18.0 Å². The van der Waals surface area contributed by atoms with E-state index in [1.54, 1.807) is 20.8 Å². The summed E-state index contributed by atoms with van der Waals surface area (Å²) < 4.78 is 62.2. The fourth-order valence-electron chi connectivity index (χ4n) is 3.15. The van der Waals surface area contributed by atoms with Crippen molar-refractivity contribution >= 4 is 12.1 Å². The molecule has 38 heavy (non-hydrogen) atoms. The lowest BCUT2D eigenvalue weighted by Crippen LogP contribution is -2.32. The Kier molecular flexibility index (Phi) is 8.82. The number of aromatic nitrogens is 1. The number of carbonyl (C=O) groups excluding carboxylic acids is 2. The first-order chi connectivity index (χ1) is 17.8. The number of hydrogen-bond acceptors (Lipinski definition) is 7. The number of hydrogen-bond donors (Lipinski definition) is 1. The minimum Gasteiger partial charge on any atom is -0.485 e. The van der Waals surface area contributed by atoms with E-state index < -0.39 is 35.4 Å². The molecule has 1 heterocycles. The molecule has 0 radical (unpaired) electrons. The maximum absolute atomic E-state index is 13.6. The van der Waals surface area contributed by atoms with Gasteiger partial charge in [0, 0.05) is 12.6 Å². The highest BCUT2D eigenvalue weighted by molar-refractivity contribution is 5.90. The number of alkyl carbamates (subject to hydrolysis) is 1. The molecule has 202 valence electrons. The Bertz CT molecular complexity index is 1270. The summed E-state index contributed by atoms with van der Waals surface area (Å²) in [5.41, 5.74) is -1.03. The summed E-state index contributed by atoms with van der Waals surface area (Å²) in [4.78, 5) is 27.6. The van der Waals surface area contributed by atoms with E-state index in [1.807, 2.05) is 30.3 Å². The van der Waals surface area contributed by atoms with Gasteiger partial charge in [-0.1, -0.05) is 30.3 Å². The third-order valence-corrected chi connectivity index (χ3v) is 4.80. The minimum absolute atomic E-state index is 0.0540. The Morgan fingerprint density at radius 3 is 2.26 bits per heavy atom. The molecule has 1 N–H and O–H groups in total. The average molecular weight is 533 g/mol. The first kappa shape index (κ1) is 28.3. The number of pyridine rings is 1. The largest absolute Gasteiger partial charge is 0.485 e. The molecule has 0 atom stereocenters. The number of esters is 1. The molecule has 0 aliphatic rings. The van der Waals surface area contributed by atoms with Gasteiger partial charge in [0.05, 0.1) is 12.7 Å². The summed E-state index contributed by atoms with van der Waals surface area (Å²) in [6.45, 7) is 4.83. The van der Waals surface area contributed by atoms with Crippen LogP contribution in [0.3, 0.4) is 0 Å². The number of carbonyl (C=O) groups is 2. The smallest absolute Gasteiger partial charge is 0.433 e. The molecule has 0 spiro atoms. The molecule has 1 amide bonds. The quantitative estimate of drug-likeness (QED) is 0.341.